The second-order valence-corrected chi connectivity index (χ2v) is 10.8. The second-order valence-electron chi connectivity index (χ2n) is 10.4. The zero-order chi connectivity index (χ0) is 27.5. The Kier molecular flexibility index (Phi) is 8.26. The number of hydrogen-bond acceptors (Lipinski definition) is 6. The predicted octanol–water partition coefficient (Wildman–Crippen LogP) is 4.44. The minimum Gasteiger partial charge on any atom is -0.378 e. The predicted molar refractivity (Wildman–Crippen MR) is 148 cm³/mol. The van der Waals surface area contributed by atoms with Crippen molar-refractivity contribution in [2.75, 3.05) is 6.61 Å². The lowest BCUT2D eigenvalue weighted by atomic mass is 9.92. The average molecular weight is 550 g/mol. The Labute approximate surface area is 232 Å². The molecule has 0 aliphatic carbocycles. The third kappa shape index (κ3) is 6.30. The molecule has 1 aromatic carbocycles. The molecular formula is C30H32ClN3O5. The number of pyridine rings is 2. The van der Waals surface area contributed by atoms with Gasteiger partial charge in [-0.2, -0.15) is 0 Å². The number of Topliss-reactive ketones (excluding diaryl/α,β-unsaturated/α-hetero) is 1. The molecule has 3 aromatic rings. The number of nitrogens with two attached hydrogens (primary N) is 1. The molecule has 0 unspecified atom stereocenters. The van der Waals surface area contributed by atoms with E-state index in [0.717, 1.165) is 41.5 Å². The topological polar surface area (TPSA) is 114 Å². The molecule has 0 bridgehead atoms. The minimum atomic E-state index is -0.733. The highest BCUT2D eigenvalue weighted by molar-refractivity contribution is 6.30. The molecule has 2 aliphatic heterocycles. The number of ketones is 1. The quantitative estimate of drug-likeness (QED) is 0.466. The number of benzene rings is 1. The normalized spacial score (nSPS) is 19.7. The molecule has 4 heterocycles. The lowest BCUT2D eigenvalue weighted by molar-refractivity contribution is -0.123. The number of carbonyl (C=O) groups is 2. The van der Waals surface area contributed by atoms with E-state index in [4.69, 9.17) is 26.8 Å². The molecule has 2 aliphatic rings. The fourth-order valence-corrected chi connectivity index (χ4v) is 5.59. The van der Waals surface area contributed by atoms with Crippen molar-refractivity contribution >= 4 is 23.3 Å². The van der Waals surface area contributed by atoms with E-state index in [0.29, 0.717) is 36.6 Å². The number of carbonyl (C=O) groups excluding carboxylic acids is 2. The maximum atomic E-state index is 13.8. The summed E-state index contributed by atoms with van der Waals surface area (Å²) in [7, 11) is 0. The van der Waals surface area contributed by atoms with Crippen LogP contribution in [0.25, 0.3) is 11.1 Å². The van der Waals surface area contributed by atoms with Crippen LogP contribution in [-0.2, 0) is 33.7 Å². The lowest BCUT2D eigenvalue weighted by Crippen LogP contribution is -2.35. The summed E-state index contributed by atoms with van der Waals surface area (Å²) in [5, 5.41) is 0.594. The Balaban J connectivity index is 1.53. The van der Waals surface area contributed by atoms with E-state index < -0.39 is 11.9 Å². The number of ether oxygens (including phenoxy) is 2. The number of hydrogen-bond donors (Lipinski definition) is 1. The highest BCUT2D eigenvalue weighted by atomic mass is 35.5. The number of amides is 1. The summed E-state index contributed by atoms with van der Waals surface area (Å²) in [6.07, 6.45) is 7.10. The molecule has 0 saturated carbocycles. The molecule has 8 nitrogen and oxygen atoms in total. The van der Waals surface area contributed by atoms with Crippen LogP contribution in [0.15, 0.2) is 53.6 Å². The molecule has 0 radical (unpaired) electrons. The number of aromatic nitrogens is 2. The van der Waals surface area contributed by atoms with Crippen LogP contribution >= 0.6 is 11.6 Å². The van der Waals surface area contributed by atoms with E-state index >= 15 is 0 Å². The monoisotopic (exact) mass is 549 g/mol. The molecule has 1 fully saturated rings. The summed E-state index contributed by atoms with van der Waals surface area (Å²) in [6.45, 7) is 2.97. The Morgan fingerprint density at radius 2 is 1.95 bits per heavy atom. The number of halogens is 1. The Morgan fingerprint density at radius 1 is 1.13 bits per heavy atom. The van der Waals surface area contributed by atoms with Gasteiger partial charge in [-0.25, -0.2) is 0 Å². The first-order chi connectivity index (χ1) is 18.8. The number of fused-ring (bicyclic) bond motifs is 3. The van der Waals surface area contributed by atoms with Crippen LogP contribution in [0.4, 0.5) is 0 Å². The summed E-state index contributed by atoms with van der Waals surface area (Å²) in [6, 6.07) is 9.74. The van der Waals surface area contributed by atoms with Gasteiger partial charge in [0.25, 0.3) is 11.5 Å². The number of nitrogens with zero attached hydrogens (tertiary/aromatic N) is 2. The molecule has 1 amide bonds. The first-order valence-electron chi connectivity index (χ1n) is 13.3. The van der Waals surface area contributed by atoms with Crippen molar-refractivity contribution in [1.82, 2.24) is 9.55 Å². The van der Waals surface area contributed by atoms with Gasteiger partial charge in [0.1, 0.15) is 5.69 Å². The summed E-state index contributed by atoms with van der Waals surface area (Å²) >= 11 is 6.35. The highest BCUT2D eigenvalue weighted by Gasteiger charge is 2.29. The van der Waals surface area contributed by atoms with Crippen LogP contribution in [0.2, 0.25) is 5.02 Å². The molecule has 39 heavy (non-hydrogen) atoms. The Morgan fingerprint density at radius 3 is 2.67 bits per heavy atom. The van der Waals surface area contributed by atoms with Gasteiger partial charge in [0.2, 0.25) is 0 Å². The van der Waals surface area contributed by atoms with Gasteiger partial charge in [-0.15, -0.1) is 0 Å². The van der Waals surface area contributed by atoms with E-state index in [-0.39, 0.29) is 35.7 Å². The van der Waals surface area contributed by atoms with Crippen molar-refractivity contribution in [3.8, 4) is 11.1 Å². The zero-order valence-electron chi connectivity index (χ0n) is 21.9. The zero-order valence-corrected chi connectivity index (χ0v) is 22.7. The molecule has 0 spiro atoms. The summed E-state index contributed by atoms with van der Waals surface area (Å²) in [5.74, 6) is -0.768. The summed E-state index contributed by atoms with van der Waals surface area (Å²) < 4.78 is 13.6. The first kappa shape index (κ1) is 27.2. The largest absolute Gasteiger partial charge is 0.378 e. The van der Waals surface area contributed by atoms with Gasteiger partial charge in [-0.05, 0) is 73.1 Å². The van der Waals surface area contributed by atoms with Crippen molar-refractivity contribution in [2.45, 2.75) is 70.3 Å². The maximum Gasteiger partial charge on any atom is 0.267 e. The van der Waals surface area contributed by atoms with Crippen LogP contribution in [0, 0.1) is 0 Å². The Bertz CT molecular complexity index is 1430. The van der Waals surface area contributed by atoms with Crippen LogP contribution in [0.5, 0.6) is 0 Å². The van der Waals surface area contributed by atoms with Crippen LogP contribution in [0.1, 0.15) is 65.8 Å². The summed E-state index contributed by atoms with van der Waals surface area (Å²) in [4.78, 5) is 42.9. The molecule has 204 valence electrons. The van der Waals surface area contributed by atoms with E-state index in [1.54, 1.807) is 18.3 Å². The molecule has 5 rings (SSSR count). The van der Waals surface area contributed by atoms with Gasteiger partial charge >= 0.3 is 0 Å². The second kappa shape index (κ2) is 11.8. The number of primary amides is 1. The summed E-state index contributed by atoms with van der Waals surface area (Å²) in [5.41, 5.74) is 9.35. The van der Waals surface area contributed by atoms with E-state index in [1.807, 2.05) is 25.1 Å². The van der Waals surface area contributed by atoms with Gasteiger partial charge in [-0.3, -0.25) is 19.4 Å². The van der Waals surface area contributed by atoms with Gasteiger partial charge in [-0.1, -0.05) is 23.7 Å². The maximum absolute atomic E-state index is 13.8. The molecule has 2 N–H and O–H groups in total. The fraction of sp³-hybridized carbons (Fsp3) is 0.400. The molecule has 1 saturated heterocycles. The van der Waals surface area contributed by atoms with Crippen molar-refractivity contribution in [1.29, 1.82) is 0 Å². The molecule has 9 heteroatoms. The van der Waals surface area contributed by atoms with Crippen molar-refractivity contribution < 1.29 is 19.1 Å². The van der Waals surface area contributed by atoms with Crippen LogP contribution in [-0.4, -0.2) is 40.1 Å². The van der Waals surface area contributed by atoms with Crippen molar-refractivity contribution in [2.24, 2.45) is 5.73 Å². The first-order valence-corrected chi connectivity index (χ1v) is 13.7. The van der Waals surface area contributed by atoms with Gasteiger partial charge in [0, 0.05) is 48.5 Å². The molecular weight excluding hydrogens is 518 g/mol. The van der Waals surface area contributed by atoms with Crippen LogP contribution < -0.4 is 11.3 Å². The van der Waals surface area contributed by atoms with E-state index in [9.17, 15) is 14.4 Å². The van der Waals surface area contributed by atoms with Gasteiger partial charge in [0.05, 0.1) is 24.9 Å². The SMILES string of the molecule is C[C@@H]1Cc2ccc(Cl)cc2-c2cc(=O)n([C@@H](C[C@@H]3CCCCO3)C(=O)Cc3ccc(C(N)=O)nc3)cc2CO1. The number of rotatable bonds is 7. The standard InChI is InChI=1S/C30H32ClN3O5/c1-18-10-20-6-7-22(31)12-24(20)25-14-29(36)34(16-21(25)17-39-18)27(13-23-4-2-3-9-38-23)28(35)11-19-5-8-26(30(32)37)33-15-19/h5-8,12,14-16,18,23,27H,2-4,9-11,13,17H2,1H3,(H2,32,37)/t18-,23+,27+/m1/s1. The van der Waals surface area contributed by atoms with Gasteiger partial charge < -0.3 is 19.8 Å². The third-order valence-corrected chi connectivity index (χ3v) is 7.71. The van der Waals surface area contributed by atoms with E-state index in [2.05, 4.69) is 4.98 Å². The average Bonchev–Trinajstić information content (AvgIpc) is 2.92. The molecule has 3 atom stereocenters. The van der Waals surface area contributed by atoms with E-state index in [1.165, 1.54) is 16.8 Å². The Hall–Kier alpha value is -3.33. The van der Waals surface area contributed by atoms with Gasteiger partial charge in [0.15, 0.2) is 5.78 Å². The lowest BCUT2D eigenvalue weighted by Gasteiger charge is -2.29. The van der Waals surface area contributed by atoms with Crippen LogP contribution in [0.3, 0.4) is 0 Å². The highest BCUT2D eigenvalue weighted by Crippen LogP contribution is 2.34. The van der Waals surface area contributed by atoms with Crippen molar-refractivity contribution in [3.63, 3.8) is 0 Å². The minimum absolute atomic E-state index is 0.0256. The smallest absolute Gasteiger partial charge is 0.267 e. The molecule has 2 aromatic heterocycles. The third-order valence-electron chi connectivity index (χ3n) is 7.48. The fourth-order valence-electron chi connectivity index (χ4n) is 5.42. The van der Waals surface area contributed by atoms with Crippen molar-refractivity contribution in [3.05, 3.63) is 86.6 Å².